The van der Waals surface area contributed by atoms with Crippen LogP contribution in [0.25, 0.3) is 5.57 Å². The fraction of sp³-hybridized carbons (Fsp3) is 0.182. The maximum Gasteiger partial charge on any atom is 2.00 e. The van der Waals surface area contributed by atoms with Crippen molar-refractivity contribution in [1.29, 1.82) is 0 Å². The summed E-state index contributed by atoms with van der Waals surface area (Å²) in [6.07, 6.45) is 20.0. The summed E-state index contributed by atoms with van der Waals surface area (Å²) in [6, 6.07) is 11.3. The molecule has 2 saturated carbocycles. The van der Waals surface area contributed by atoms with Gasteiger partial charge in [-0.05, 0) is 72.3 Å². The largest absolute Gasteiger partial charge is 2.00 e. The van der Waals surface area contributed by atoms with Crippen molar-refractivity contribution in [3.8, 4) is 0 Å². The van der Waals surface area contributed by atoms with Gasteiger partial charge in [0.2, 0.25) is 0 Å². The first kappa shape index (κ1) is 24.1. The molecule has 1 aromatic carbocycles. The third kappa shape index (κ3) is 13.4. The summed E-state index contributed by atoms with van der Waals surface area (Å²) < 4.78 is 0. The normalized spacial score (nSPS) is 17.1. The van der Waals surface area contributed by atoms with E-state index >= 15 is 0 Å². The second-order valence-corrected chi connectivity index (χ2v) is 11.0. The summed E-state index contributed by atoms with van der Waals surface area (Å²) in [4.78, 5) is 0. The van der Waals surface area contributed by atoms with E-state index in [1.165, 1.54) is 11.1 Å². The molecular weight excluding hydrogens is 384 g/mol. The Morgan fingerprint density at radius 1 is 0.792 bits per heavy atom. The van der Waals surface area contributed by atoms with Crippen LogP contribution in [0, 0.1) is 76.0 Å². The molecule has 122 valence electrons. The van der Waals surface area contributed by atoms with Gasteiger partial charge in [-0.15, -0.1) is 13.0 Å². The molecule has 24 heavy (non-hydrogen) atoms. The molecule has 3 rings (SSSR count). The van der Waals surface area contributed by atoms with Gasteiger partial charge in [-0.3, -0.25) is 0 Å². The van der Waals surface area contributed by atoms with E-state index in [2.05, 4.69) is 44.4 Å². The van der Waals surface area contributed by atoms with Crippen LogP contribution >= 0.6 is 0 Å². The van der Waals surface area contributed by atoms with Crippen LogP contribution in [0.1, 0.15) is 12.5 Å². The average molecular weight is 410 g/mol. The van der Waals surface area contributed by atoms with Crippen molar-refractivity contribution in [2.75, 3.05) is 0 Å². The molecule has 2 fully saturated rings. The van der Waals surface area contributed by atoms with Crippen LogP contribution in [0.3, 0.4) is 0 Å². The van der Waals surface area contributed by atoms with Crippen LogP contribution in [0.2, 0.25) is 19.6 Å². The van der Waals surface area contributed by atoms with Gasteiger partial charge in [0.1, 0.15) is 0 Å². The van der Waals surface area contributed by atoms with Gasteiger partial charge in [0, 0.05) is 0 Å². The van der Waals surface area contributed by atoms with Crippen molar-refractivity contribution in [2.24, 2.45) is 0 Å². The summed E-state index contributed by atoms with van der Waals surface area (Å²) in [7, 11) is -1.21. The summed E-state index contributed by atoms with van der Waals surface area (Å²) in [5, 5.41) is 0. The van der Waals surface area contributed by atoms with Crippen LogP contribution in [0.5, 0.6) is 0 Å². The zero-order valence-corrected chi connectivity index (χ0v) is 18.5. The molecule has 0 aromatic heterocycles. The molecule has 0 bridgehead atoms. The van der Waals surface area contributed by atoms with E-state index in [-0.39, 0.29) is 26.2 Å². The van der Waals surface area contributed by atoms with Crippen molar-refractivity contribution in [3.05, 3.63) is 106 Å². The molecule has 1 aromatic rings. The first-order valence-electron chi connectivity index (χ1n) is 7.91. The van der Waals surface area contributed by atoms with E-state index < -0.39 is 8.07 Å². The average Bonchev–Trinajstić information content (AvgIpc) is 3.25. The van der Waals surface area contributed by atoms with E-state index in [0.29, 0.717) is 0 Å². The molecule has 0 N–H and O–H groups in total. The van der Waals surface area contributed by atoms with Gasteiger partial charge in [0.05, 0.1) is 0 Å². The molecule has 0 amide bonds. The van der Waals surface area contributed by atoms with Gasteiger partial charge in [-0.25, -0.2) is 12.1 Å². The summed E-state index contributed by atoms with van der Waals surface area (Å²) in [5.41, 5.74) is 5.97. The number of hydrogen-bond donors (Lipinski definition) is 0. The molecular formula is C22H26SiZr. The van der Waals surface area contributed by atoms with E-state index in [0.717, 1.165) is 0 Å². The zero-order valence-electron chi connectivity index (χ0n) is 15.1. The minimum atomic E-state index is -1.21. The van der Waals surface area contributed by atoms with E-state index in [1.807, 2.05) is 82.4 Å². The molecule has 0 nitrogen and oxygen atoms in total. The number of rotatable bonds is 2. The fourth-order valence-corrected chi connectivity index (χ4v) is 3.16. The van der Waals surface area contributed by atoms with Gasteiger partial charge in [0.15, 0.2) is 0 Å². The molecule has 0 saturated heterocycles. The standard InChI is InChI=1S/C12H16Si.2C5H5.Zr/c1-11(10-13(2,3)4)12-8-6-5-7-9-12;2*1-2-4-5-3-1;/h5-8H,1-4H3;2*1-5H;/q-2;;;+2. The second-order valence-electron chi connectivity index (χ2n) is 6.20. The minimum absolute atomic E-state index is 0. The van der Waals surface area contributed by atoms with Crippen LogP contribution in [-0.2, 0) is 26.2 Å². The van der Waals surface area contributed by atoms with E-state index in [1.54, 1.807) is 0 Å². The van der Waals surface area contributed by atoms with Crippen molar-refractivity contribution >= 4 is 13.6 Å². The Kier molecular flexibility index (Phi) is 14.3. The van der Waals surface area contributed by atoms with Gasteiger partial charge in [0.25, 0.3) is 0 Å². The maximum absolute atomic E-state index is 3.56. The van der Waals surface area contributed by atoms with Gasteiger partial charge in [-0.1, -0.05) is 19.6 Å². The molecule has 10 radical (unpaired) electrons. The zero-order chi connectivity index (χ0) is 17.0. The third-order valence-electron chi connectivity index (χ3n) is 2.79. The Hall–Kier alpha value is 0.0600. The molecule has 0 unspecified atom stereocenters. The summed E-state index contributed by atoms with van der Waals surface area (Å²) in [5.74, 6) is 0. The first-order chi connectivity index (χ1) is 11.0. The summed E-state index contributed by atoms with van der Waals surface area (Å²) >= 11 is 0. The molecule has 2 heteroatoms. The number of hydrogen-bond acceptors (Lipinski definition) is 0. The Labute approximate surface area is 171 Å². The Morgan fingerprint density at radius 2 is 1.21 bits per heavy atom. The van der Waals surface area contributed by atoms with E-state index in [9.17, 15) is 0 Å². The SMILES string of the molecule is CC(=[C-][Si](C)(C)C)c1[c-]cccc1.[CH]1[CH][CH][CH][CH]1.[CH]1[CH][CH][CH][CH]1.[Zr+2]. The van der Waals surface area contributed by atoms with Gasteiger partial charge < -0.3 is 16.8 Å². The number of allylic oxidation sites excluding steroid dienone is 1. The third-order valence-corrected chi connectivity index (χ3v) is 3.91. The summed E-state index contributed by atoms with van der Waals surface area (Å²) in [6.45, 7) is 8.99. The van der Waals surface area contributed by atoms with Crippen LogP contribution in [0.15, 0.2) is 24.3 Å². The van der Waals surface area contributed by atoms with Crippen molar-refractivity contribution in [2.45, 2.75) is 26.6 Å². The molecule has 2 aliphatic carbocycles. The predicted molar refractivity (Wildman–Crippen MR) is 104 cm³/mol. The fourth-order valence-electron chi connectivity index (χ4n) is 1.90. The molecule has 0 aliphatic heterocycles. The Bertz CT molecular complexity index is 398. The van der Waals surface area contributed by atoms with Gasteiger partial charge in [-0.2, -0.15) is 12.1 Å². The Balaban J connectivity index is 0.000000393. The molecule has 2 aliphatic rings. The van der Waals surface area contributed by atoms with Crippen LogP contribution < -0.4 is 0 Å². The van der Waals surface area contributed by atoms with Crippen LogP contribution in [-0.4, -0.2) is 8.07 Å². The minimum Gasteiger partial charge on any atom is -0.328 e. The molecule has 0 atom stereocenters. The quantitative estimate of drug-likeness (QED) is 0.440. The topological polar surface area (TPSA) is 0 Å². The Morgan fingerprint density at radius 3 is 1.50 bits per heavy atom. The number of benzene rings is 1. The monoisotopic (exact) mass is 408 g/mol. The first-order valence-corrected chi connectivity index (χ1v) is 11.4. The van der Waals surface area contributed by atoms with Crippen molar-refractivity contribution < 1.29 is 26.2 Å². The second kappa shape index (κ2) is 14.3. The van der Waals surface area contributed by atoms with Crippen molar-refractivity contribution in [3.63, 3.8) is 0 Å². The van der Waals surface area contributed by atoms with Crippen molar-refractivity contribution in [1.82, 2.24) is 0 Å². The predicted octanol–water partition coefficient (Wildman–Crippen LogP) is 5.61. The smallest absolute Gasteiger partial charge is 0.328 e. The maximum atomic E-state index is 3.56. The van der Waals surface area contributed by atoms with Crippen LogP contribution in [0.4, 0.5) is 0 Å². The van der Waals surface area contributed by atoms with Gasteiger partial charge >= 0.3 is 26.2 Å². The van der Waals surface area contributed by atoms with E-state index in [4.69, 9.17) is 0 Å². The molecule has 0 spiro atoms. The molecule has 0 heterocycles.